The van der Waals surface area contributed by atoms with Crippen LogP contribution in [-0.2, 0) is 17.8 Å². The number of carbonyl (C=O) groups is 1. The van der Waals surface area contributed by atoms with Gasteiger partial charge in [-0.2, -0.15) is 0 Å². The highest BCUT2D eigenvalue weighted by Crippen LogP contribution is 2.26. The van der Waals surface area contributed by atoms with Crippen molar-refractivity contribution in [2.24, 2.45) is 0 Å². The zero-order chi connectivity index (χ0) is 18.0. The van der Waals surface area contributed by atoms with Gasteiger partial charge >= 0.3 is 5.97 Å². The van der Waals surface area contributed by atoms with Gasteiger partial charge in [0.2, 0.25) is 0 Å². The lowest BCUT2D eigenvalue weighted by Gasteiger charge is -2.12. The molecule has 0 atom stereocenters. The lowest BCUT2D eigenvalue weighted by atomic mass is 10.2. The molecule has 0 aliphatic rings. The number of nitrogens with zero attached hydrogens (tertiary/aromatic N) is 2. The van der Waals surface area contributed by atoms with E-state index in [1.807, 2.05) is 25.1 Å². The fourth-order valence-electron chi connectivity index (χ4n) is 2.66. The molecule has 0 fully saturated rings. The number of halogens is 1. The van der Waals surface area contributed by atoms with Crippen LogP contribution < -0.4 is 5.56 Å². The van der Waals surface area contributed by atoms with Gasteiger partial charge in [-0.05, 0) is 43.2 Å². The Labute approximate surface area is 153 Å². The van der Waals surface area contributed by atoms with Crippen molar-refractivity contribution < 1.29 is 9.90 Å². The largest absolute Gasteiger partial charge is 0.481 e. The SMILES string of the molecule is CCc1cc2c(=O)n(CCCC(=O)O)c(-c3ccc(Cl)cc3)nc2s1. The summed E-state index contributed by atoms with van der Waals surface area (Å²) in [6, 6.07) is 9.02. The van der Waals surface area contributed by atoms with Crippen LogP contribution >= 0.6 is 22.9 Å². The summed E-state index contributed by atoms with van der Waals surface area (Å²) in [6.07, 6.45) is 1.22. The fraction of sp³-hybridized carbons (Fsp3) is 0.278. The molecular formula is C18H17ClN2O3S. The molecule has 1 aromatic carbocycles. The first kappa shape index (κ1) is 17.6. The predicted molar refractivity (Wildman–Crippen MR) is 101 cm³/mol. The molecule has 0 radical (unpaired) electrons. The summed E-state index contributed by atoms with van der Waals surface area (Å²) in [7, 11) is 0. The highest BCUT2D eigenvalue weighted by molar-refractivity contribution is 7.18. The minimum absolute atomic E-state index is 0.00832. The van der Waals surface area contributed by atoms with Crippen LogP contribution in [0.2, 0.25) is 5.02 Å². The van der Waals surface area contributed by atoms with E-state index in [9.17, 15) is 9.59 Å². The molecule has 0 bridgehead atoms. The minimum Gasteiger partial charge on any atom is -0.481 e. The highest BCUT2D eigenvalue weighted by Gasteiger charge is 2.15. The number of thiophene rings is 1. The molecular weight excluding hydrogens is 360 g/mol. The summed E-state index contributed by atoms with van der Waals surface area (Å²) in [5.41, 5.74) is 0.654. The van der Waals surface area contributed by atoms with Gasteiger partial charge in [0.15, 0.2) is 0 Å². The Kier molecular flexibility index (Phi) is 5.20. The Morgan fingerprint density at radius 1 is 1.32 bits per heavy atom. The molecule has 0 aliphatic heterocycles. The van der Waals surface area contributed by atoms with Crippen LogP contribution in [0.1, 0.15) is 24.6 Å². The zero-order valence-corrected chi connectivity index (χ0v) is 15.2. The van der Waals surface area contributed by atoms with Crippen molar-refractivity contribution in [1.82, 2.24) is 9.55 Å². The monoisotopic (exact) mass is 376 g/mol. The van der Waals surface area contributed by atoms with Crippen molar-refractivity contribution in [3.63, 3.8) is 0 Å². The normalized spacial score (nSPS) is 11.1. The summed E-state index contributed by atoms with van der Waals surface area (Å²) in [4.78, 5) is 30.3. The van der Waals surface area contributed by atoms with Crippen molar-refractivity contribution in [2.75, 3.05) is 0 Å². The van der Waals surface area contributed by atoms with Gasteiger partial charge in [0.1, 0.15) is 10.7 Å². The van der Waals surface area contributed by atoms with Gasteiger partial charge in [0.05, 0.1) is 5.39 Å². The third kappa shape index (κ3) is 3.75. The maximum Gasteiger partial charge on any atom is 0.303 e. The van der Waals surface area contributed by atoms with E-state index in [2.05, 4.69) is 0 Å². The molecule has 0 aliphatic carbocycles. The lowest BCUT2D eigenvalue weighted by Crippen LogP contribution is -2.23. The Bertz CT molecular complexity index is 976. The number of hydrogen-bond acceptors (Lipinski definition) is 4. The summed E-state index contributed by atoms with van der Waals surface area (Å²) < 4.78 is 1.57. The van der Waals surface area contributed by atoms with E-state index in [0.29, 0.717) is 34.0 Å². The predicted octanol–water partition coefficient (Wildman–Crippen LogP) is 4.21. The molecule has 5 nitrogen and oxygen atoms in total. The van der Waals surface area contributed by atoms with E-state index in [-0.39, 0.29) is 12.0 Å². The van der Waals surface area contributed by atoms with Crippen LogP contribution in [-0.4, -0.2) is 20.6 Å². The second kappa shape index (κ2) is 7.37. The van der Waals surface area contributed by atoms with E-state index in [0.717, 1.165) is 16.9 Å². The quantitative estimate of drug-likeness (QED) is 0.699. The molecule has 7 heteroatoms. The summed E-state index contributed by atoms with van der Waals surface area (Å²) in [5.74, 6) is -0.331. The van der Waals surface area contributed by atoms with E-state index in [1.165, 1.54) is 11.3 Å². The molecule has 2 aromatic heterocycles. The minimum atomic E-state index is -0.876. The van der Waals surface area contributed by atoms with Crippen molar-refractivity contribution in [1.29, 1.82) is 0 Å². The molecule has 0 amide bonds. The van der Waals surface area contributed by atoms with Crippen LogP contribution in [0.3, 0.4) is 0 Å². The average molecular weight is 377 g/mol. The first-order valence-corrected chi connectivity index (χ1v) is 9.20. The Morgan fingerprint density at radius 2 is 2.04 bits per heavy atom. The topological polar surface area (TPSA) is 72.2 Å². The smallest absolute Gasteiger partial charge is 0.303 e. The molecule has 0 spiro atoms. The van der Waals surface area contributed by atoms with Gasteiger partial charge in [-0.25, -0.2) is 4.98 Å². The van der Waals surface area contributed by atoms with E-state index in [1.54, 1.807) is 16.7 Å². The molecule has 3 aromatic rings. The second-order valence-electron chi connectivity index (χ2n) is 5.68. The van der Waals surface area contributed by atoms with E-state index in [4.69, 9.17) is 21.7 Å². The molecule has 0 saturated heterocycles. The molecule has 0 unspecified atom stereocenters. The standard InChI is InChI=1S/C18H17ClN2O3S/c1-2-13-10-14-17(25-13)20-16(11-5-7-12(19)8-6-11)21(18(14)24)9-3-4-15(22)23/h5-8,10H,2-4,9H2,1H3,(H,22,23). The molecule has 0 saturated carbocycles. The van der Waals surface area contributed by atoms with Crippen molar-refractivity contribution in [3.8, 4) is 11.4 Å². The van der Waals surface area contributed by atoms with Crippen LogP contribution in [0.5, 0.6) is 0 Å². The summed E-state index contributed by atoms with van der Waals surface area (Å²) in [6.45, 7) is 2.35. The van der Waals surface area contributed by atoms with Crippen molar-refractivity contribution in [2.45, 2.75) is 32.7 Å². The molecule has 130 valence electrons. The summed E-state index contributed by atoms with van der Waals surface area (Å²) >= 11 is 7.47. The number of aryl methyl sites for hydroxylation is 1. The Hall–Kier alpha value is -2.18. The number of carboxylic acid groups (broad SMARTS) is 1. The highest BCUT2D eigenvalue weighted by atomic mass is 35.5. The number of benzene rings is 1. The third-order valence-corrected chi connectivity index (χ3v) is 5.35. The van der Waals surface area contributed by atoms with Gasteiger partial charge < -0.3 is 5.11 Å². The van der Waals surface area contributed by atoms with Gasteiger partial charge in [0.25, 0.3) is 5.56 Å². The maximum absolute atomic E-state index is 13.0. The van der Waals surface area contributed by atoms with Gasteiger partial charge in [-0.3, -0.25) is 14.2 Å². The van der Waals surface area contributed by atoms with E-state index >= 15 is 0 Å². The van der Waals surface area contributed by atoms with Crippen LogP contribution in [0.4, 0.5) is 0 Å². The Morgan fingerprint density at radius 3 is 2.68 bits per heavy atom. The number of aliphatic carboxylic acids is 1. The Balaban J connectivity index is 2.15. The number of carboxylic acids is 1. The first-order chi connectivity index (χ1) is 12.0. The molecule has 25 heavy (non-hydrogen) atoms. The number of hydrogen-bond donors (Lipinski definition) is 1. The van der Waals surface area contributed by atoms with Crippen LogP contribution in [0.25, 0.3) is 21.6 Å². The first-order valence-electron chi connectivity index (χ1n) is 8.00. The fourth-order valence-corrected chi connectivity index (χ4v) is 3.74. The molecule has 3 rings (SSSR count). The van der Waals surface area contributed by atoms with Crippen LogP contribution in [0, 0.1) is 0 Å². The number of rotatable bonds is 6. The lowest BCUT2D eigenvalue weighted by molar-refractivity contribution is -0.137. The second-order valence-corrected chi connectivity index (χ2v) is 7.23. The van der Waals surface area contributed by atoms with Crippen molar-refractivity contribution in [3.05, 3.63) is 50.6 Å². The number of aromatic nitrogens is 2. The zero-order valence-electron chi connectivity index (χ0n) is 13.7. The van der Waals surface area contributed by atoms with Gasteiger partial charge in [0, 0.05) is 28.4 Å². The van der Waals surface area contributed by atoms with E-state index < -0.39 is 5.97 Å². The third-order valence-electron chi connectivity index (χ3n) is 3.93. The summed E-state index contributed by atoms with van der Waals surface area (Å²) in [5, 5.41) is 10.1. The van der Waals surface area contributed by atoms with Gasteiger partial charge in [-0.1, -0.05) is 18.5 Å². The maximum atomic E-state index is 13.0. The van der Waals surface area contributed by atoms with Crippen LogP contribution in [0.15, 0.2) is 35.1 Å². The average Bonchev–Trinajstić information content (AvgIpc) is 3.01. The van der Waals surface area contributed by atoms with Crippen molar-refractivity contribution >= 4 is 39.1 Å². The molecule has 2 heterocycles. The molecule has 1 N–H and O–H groups in total. The number of fused-ring (bicyclic) bond motifs is 1. The van der Waals surface area contributed by atoms with Gasteiger partial charge in [-0.15, -0.1) is 11.3 Å².